The number of ether oxygens (including phenoxy) is 2. The Morgan fingerprint density at radius 1 is 1.03 bits per heavy atom. The lowest BCUT2D eigenvalue weighted by Crippen LogP contribution is -2.62. The predicted molar refractivity (Wildman–Crippen MR) is 135 cm³/mol. The van der Waals surface area contributed by atoms with Crippen LogP contribution in [0.2, 0.25) is 0 Å². The Labute approximate surface area is 210 Å². The Bertz CT molecular complexity index is 1220. The van der Waals surface area contributed by atoms with Crippen LogP contribution in [-0.2, 0) is 15.1 Å². The molecule has 6 rings (SSSR count). The largest absolute Gasteiger partial charge is 0.448 e. The fraction of sp³-hybridized carbons (Fsp3) is 0.393. The second-order valence-corrected chi connectivity index (χ2v) is 10.2. The van der Waals surface area contributed by atoms with Crippen LogP contribution in [0, 0.1) is 0 Å². The zero-order chi connectivity index (χ0) is 24.9. The molecular formula is C28H30N4O4. The van der Waals surface area contributed by atoms with E-state index in [4.69, 9.17) is 9.47 Å². The van der Waals surface area contributed by atoms with Crippen LogP contribution >= 0.6 is 0 Å². The lowest BCUT2D eigenvalue weighted by Gasteiger charge is -2.50. The highest BCUT2D eigenvalue weighted by atomic mass is 16.6. The Morgan fingerprint density at radius 3 is 2.14 bits per heavy atom. The topological polar surface area (TPSA) is 88.0 Å². The quantitative estimate of drug-likeness (QED) is 0.604. The monoisotopic (exact) mass is 486 g/mol. The van der Waals surface area contributed by atoms with E-state index in [1.807, 2.05) is 43.3 Å². The van der Waals surface area contributed by atoms with E-state index in [2.05, 4.69) is 34.2 Å². The van der Waals surface area contributed by atoms with Crippen molar-refractivity contribution in [3.63, 3.8) is 0 Å². The van der Waals surface area contributed by atoms with Gasteiger partial charge in [0.25, 0.3) is 0 Å². The minimum absolute atomic E-state index is 0.00604. The maximum atomic E-state index is 13.4. The van der Waals surface area contributed by atoms with Gasteiger partial charge in [0, 0.05) is 50.8 Å². The first-order chi connectivity index (χ1) is 17.4. The number of anilines is 1. The summed E-state index contributed by atoms with van der Waals surface area (Å²) in [6.07, 6.45) is 3.71. The molecule has 1 amide bonds. The molecule has 0 saturated carbocycles. The summed E-state index contributed by atoms with van der Waals surface area (Å²) in [5, 5.41) is 11.6. The van der Waals surface area contributed by atoms with Gasteiger partial charge in [-0.05, 0) is 22.3 Å². The van der Waals surface area contributed by atoms with Gasteiger partial charge >= 0.3 is 6.09 Å². The summed E-state index contributed by atoms with van der Waals surface area (Å²) >= 11 is 0. The predicted octanol–water partition coefficient (Wildman–Crippen LogP) is 3.54. The molecule has 0 radical (unpaired) electrons. The number of aromatic nitrogens is 2. The van der Waals surface area contributed by atoms with E-state index in [-0.39, 0.29) is 30.7 Å². The first-order valence-electron chi connectivity index (χ1n) is 12.4. The van der Waals surface area contributed by atoms with Crippen molar-refractivity contribution in [2.45, 2.75) is 36.4 Å². The number of piperidine rings is 1. The summed E-state index contributed by atoms with van der Waals surface area (Å²) in [4.78, 5) is 25.7. The maximum absolute atomic E-state index is 13.4. The van der Waals surface area contributed by atoms with Gasteiger partial charge in [-0.25, -0.2) is 14.8 Å². The van der Waals surface area contributed by atoms with Crippen LogP contribution in [0.1, 0.15) is 35.4 Å². The van der Waals surface area contributed by atoms with E-state index < -0.39 is 5.60 Å². The molecule has 1 aromatic heterocycles. The minimum atomic E-state index is -1.12. The van der Waals surface area contributed by atoms with Crippen LogP contribution in [0.4, 0.5) is 10.7 Å². The summed E-state index contributed by atoms with van der Waals surface area (Å²) in [7, 11) is 3.75. The normalized spacial score (nSPS) is 24.7. The lowest BCUT2D eigenvalue weighted by molar-refractivity contribution is -0.136. The summed E-state index contributed by atoms with van der Waals surface area (Å²) < 4.78 is 11.7. The molecule has 8 heteroatoms. The van der Waals surface area contributed by atoms with E-state index in [1.165, 1.54) is 22.3 Å². The maximum Gasteiger partial charge on any atom is 0.410 e. The second-order valence-electron chi connectivity index (χ2n) is 10.2. The number of rotatable bonds is 4. The van der Waals surface area contributed by atoms with Crippen molar-refractivity contribution >= 4 is 12.0 Å². The molecule has 8 nitrogen and oxygen atoms in total. The third-order valence-corrected chi connectivity index (χ3v) is 7.68. The molecule has 3 aliphatic rings. The average molecular weight is 487 g/mol. The van der Waals surface area contributed by atoms with Gasteiger partial charge in [0.2, 0.25) is 5.95 Å². The van der Waals surface area contributed by atoms with Gasteiger partial charge in [-0.2, -0.15) is 0 Å². The van der Waals surface area contributed by atoms with E-state index >= 15 is 0 Å². The van der Waals surface area contributed by atoms with E-state index in [0.717, 1.165) is 0 Å². The third-order valence-electron chi connectivity index (χ3n) is 7.68. The Hall–Kier alpha value is -3.49. The smallest absolute Gasteiger partial charge is 0.410 e. The van der Waals surface area contributed by atoms with Crippen molar-refractivity contribution in [1.29, 1.82) is 0 Å². The molecule has 2 atom stereocenters. The molecule has 0 spiro atoms. The van der Waals surface area contributed by atoms with Crippen molar-refractivity contribution in [3.8, 4) is 11.1 Å². The number of morpholine rings is 1. The summed E-state index contributed by atoms with van der Waals surface area (Å²) in [5.41, 5.74) is 4.31. The van der Waals surface area contributed by atoms with Gasteiger partial charge in [-0.15, -0.1) is 0 Å². The Morgan fingerprint density at radius 2 is 1.58 bits per heavy atom. The molecule has 1 N–H and O–H groups in total. The molecule has 3 heterocycles. The molecule has 2 bridgehead atoms. The van der Waals surface area contributed by atoms with Gasteiger partial charge in [0.15, 0.2) is 0 Å². The molecule has 2 aromatic carbocycles. The molecule has 3 aromatic rings. The van der Waals surface area contributed by atoms with E-state index in [9.17, 15) is 9.90 Å². The lowest BCUT2D eigenvalue weighted by atomic mass is 9.78. The molecular weight excluding hydrogens is 456 g/mol. The van der Waals surface area contributed by atoms with Crippen molar-refractivity contribution in [2.75, 3.05) is 38.8 Å². The fourth-order valence-corrected chi connectivity index (χ4v) is 5.97. The highest BCUT2D eigenvalue weighted by Gasteiger charge is 2.50. The van der Waals surface area contributed by atoms with E-state index in [1.54, 1.807) is 17.3 Å². The molecule has 1 aliphatic carbocycles. The molecule has 2 aliphatic heterocycles. The number of aliphatic hydroxyl groups is 1. The Balaban J connectivity index is 1.19. The first-order valence-corrected chi connectivity index (χ1v) is 12.4. The van der Waals surface area contributed by atoms with Crippen LogP contribution in [0.5, 0.6) is 0 Å². The summed E-state index contributed by atoms with van der Waals surface area (Å²) in [6.45, 7) is 0.993. The number of hydrogen-bond acceptors (Lipinski definition) is 7. The second kappa shape index (κ2) is 8.87. The summed E-state index contributed by atoms with van der Waals surface area (Å²) in [6, 6.07) is 16.0. The SMILES string of the molecule is CN(C)c1ncc(C2(O)CC3COCC(C2)N3C(=O)OCC2c3ccccc3-c3ccccc32)cn1. The van der Waals surface area contributed by atoms with Crippen molar-refractivity contribution in [1.82, 2.24) is 14.9 Å². The van der Waals surface area contributed by atoms with Crippen molar-refractivity contribution < 1.29 is 19.4 Å². The summed E-state index contributed by atoms with van der Waals surface area (Å²) in [5.74, 6) is 0.591. The van der Waals surface area contributed by atoms with Crippen molar-refractivity contribution in [3.05, 3.63) is 77.6 Å². The zero-order valence-corrected chi connectivity index (χ0v) is 20.5. The number of amides is 1. The fourth-order valence-electron chi connectivity index (χ4n) is 5.97. The van der Waals surface area contributed by atoms with Crippen LogP contribution < -0.4 is 4.90 Å². The van der Waals surface area contributed by atoms with Crippen LogP contribution in [-0.4, -0.2) is 72.1 Å². The molecule has 36 heavy (non-hydrogen) atoms. The number of hydrogen-bond donors (Lipinski definition) is 1. The first kappa shape index (κ1) is 22.9. The zero-order valence-electron chi connectivity index (χ0n) is 20.5. The third kappa shape index (κ3) is 3.81. The van der Waals surface area contributed by atoms with Gasteiger partial charge in [0.1, 0.15) is 6.61 Å². The van der Waals surface area contributed by atoms with Crippen molar-refractivity contribution in [2.24, 2.45) is 0 Å². The number of carbonyl (C=O) groups excluding carboxylic acids is 1. The standard InChI is InChI=1S/C28H30N4O4/c1-31(2)26-29-13-18(14-30-26)28(34)11-19-15-35-16-20(12-28)32(19)27(33)36-17-25-23-9-5-3-7-21(23)22-8-4-6-10-24(22)25/h3-10,13-14,19-20,25,34H,11-12,15-17H2,1-2H3. The minimum Gasteiger partial charge on any atom is -0.448 e. The number of fused-ring (bicyclic) bond motifs is 5. The molecule has 2 saturated heterocycles. The van der Waals surface area contributed by atoms with E-state index in [0.29, 0.717) is 37.6 Å². The highest BCUT2D eigenvalue weighted by molar-refractivity contribution is 5.79. The van der Waals surface area contributed by atoms with Crippen LogP contribution in [0.3, 0.4) is 0 Å². The average Bonchev–Trinajstić information content (AvgIpc) is 3.20. The number of carbonyl (C=O) groups is 1. The highest BCUT2D eigenvalue weighted by Crippen LogP contribution is 2.45. The number of nitrogens with zero attached hydrogens (tertiary/aromatic N) is 4. The van der Waals surface area contributed by atoms with Crippen LogP contribution in [0.25, 0.3) is 11.1 Å². The van der Waals surface area contributed by atoms with Gasteiger partial charge in [-0.3, -0.25) is 4.90 Å². The Kier molecular flexibility index (Phi) is 5.65. The number of benzene rings is 2. The van der Waals surface area contributed by atoms with Gasteiger partial charge < -0.3 is 19.5 Å². The van der Waals surface area contributed by atoms with Gasteiger partial charge in [0.05, 0.1) is 30.9 Å². The molecule has 2 fully saturated rings. The van der Waals surface area contributed by atoms with Gasteiger partial charge in [-0.1, -0.05) is 48.5 Å². The van der Waals surface area contributed by atoms with Crippen LogP contribution in [0.15, 0.2) is 60.9 Å². The molecule has 2 unspecified atom stereocenters. The molecule has 186 valence electrons.